The molecule has 0 aliphatic heterocycles. The van der Waals surface area contributed by atoms with Crippen molar-refractivity contribution in [3.8, 4) is 0 Å². The molecule has 0 aliphatic rings. The minimum atomic E-state index is -0.0693. The Morgan fingerprint density at radius 3 is 2.54 bits per heavy atom. The van der Waals surface area contributed by atoms with Gasteiger partial charge in [-0.1, -0.05) is 19.1 Å². The van der Waals surface area contributed by atoms with Gasteiger partial charge < -0.3 is 5.32 Å². The molecule has 0 atom stereocenters. The summed E-state index contributed by atoms with van der Waals surface area (Å²) in [5, 5.41) is 6.99. The summed E-state index contributed by atoms with van der Waals surface area (Å²) in [5.74, 6) is -0.0693. The Hall–Kier alpha value is -1.39. The Morgan fingerprint density at radius 1 is 1.62 bits per heavy atom. The molecule has 1 amide bonds. The van der Waals surface area contributed by atoms with E-state index in [0.717, 1.165) is 0 Å². The third-order valence-corrected chi connectivity index (χ3v) is 0.948. The fourth-order valence-electron chi connectivity index (χ4n) is 0.441. The van der Waals surface area contributed by atoms with Gasteiger partial charge in [-0.3, -0.25) is 9.80 Å². The highest BCUT2D eigenvalue weighted by molar-refractivity contribution is 5.72. The summed E-state index contributed by atoms with van der Waals surface area (Å²) < 4.78 is 0. The van der Waals surface area contributed by atoms with Crippen LogP contribution in [0.15, 0.2) is 17.5 Å². The van der Waals surface area contributed by atoms with Gasteiger partial charge in [0.1, 0.15) is 0 Å². The van der Waals surface area contributed by atoms with E-state index in [1.54, 1.807) is 19.3 Å². The van der Waals surface area contributed by atoms with Crippen LogP contribution in [0.25, 0.3) is 0 Å². The smallest absolute Gasteiger partial charge is 0.217 e. The van der Waals surface area contributed by atoms with E-state index in [0.29, 0.717) is 6.54 Å². The monoisotopic (exact) mass is 186 g/mol. The summed E-state index contributed by atoms with van der Waals surface area (Å²) in [7, 11) is 1.64. The maximum Gasteiger partial charge on any atom is 0.217 e. The minimum absolute atomic E-state index is 0.0693. The van der Waals surface area contributed by atoms with E-state index in [4.69, 9.17) is 5.53 Å². The van der Waals surface area contributed by atoms with Gasteiger partial charge in [-0.05, 0) is 6.08 Å². The first-order chi connectivity index (χ1) is 6.16. The third kappa shape index (κ3) is 13.6. The lowest BCUT2D eigenvalue weighted by Crippen LogP contribution is -2.19. The van der Waals surface area contributed by atoms with Gasteiger partial charge in [-0.15, -0.1) is 0 Å². The summed E-state index contributed by atoms with van der Waals surface area (Å²) in [6.07, 6.45) is 3.31. The number of hydrogen-bond donors (Lipinski definition) is 2. The largest absolute Gasteiger partial charge is 0.353 e. The van der Waals surface area contributed by atoms with E-state index in [2.05, 4.69) is 10.5 Å². The zero-order valence-corrected chi connectivity index (χ0v) is 8.66. The zero-order chi connectivity index (χ0) is 10.7. The van der Waals surface area contributed by atoms with Gasteiger partial charge in [0.05, 0.1) is 0 Å². The van der Waals surface area contributed by atoms with E-state index in [1.807, 2.05) is 13.8 Å². The summed E-state index contributed by atoms with van der Waals surface area (Å²) in [4.78, 5) is 10.3. The molecule has 0 rings (SSSR count). The van der Waals surface area contributed by atoms with Crippen molar-refractivity contribution in [2.24, 2.45) is 5.22 Å². The van der Waals surface area contributed by atoms with Gasteiger partial charge in [0, 0.05) is 26.7 Å². The number of nitrogens with one attached hydrogen (secondary N) is 2. The predicted octanol–water partition coefficient (Wildman–Crippen LogP) is 1.54. The van der Waals surface area contributed by atoms with Crippen molar-refractivity contribution in [2.45, 2.75) is 20.8 Å². The average molecular weight is 186 g/mol. The fourth-order valence-corrected chi connectivity index (χ4v) is 0.441. The van der Waals surface area contributed by atoms with Crippen LogP contribution in [0.5, 0.6) is 0 Å². The van der Waals surface area contributed by atoms with Gasteiger partial charge in [-0.25, -0.2) is 0 Å². The Labute approximate surface area is 79.3 Å². The van der Waals surface area contributed by atoms with E-state index in [1.165, 1.54) is 11.9 Å². The molecule has 0 fully saturated rings. The highest BCUT2D eigenvalue weighted by Gasteiger charge is 1.85. The van der Waals surface area contributed by atoms with Crippen molar-refractivity contribution in [1.29, 1.82) is 5.53 Å². The number of hydrogen-bond acceptors (Lipinski definition) is 3. The van der Waals surface area contributed by atoms with Crippen LogP contribution in [0.2, 0.25) is 0 Å². The molecular weight excluding hydrogens is 168 g/mol. The van der Waals surface area contributed by atoms with Crippen molar-refractivity contribution in [2.75, 3.05) is 13.6 Å². The van der Waals surface area contributed by atoms with Gasteiger partial charge >= 0.3 is 0 Å². The van der Waals surface area contributed by atoms with Crippen molar-refractivity contribution < 1.29 is 4.79 Å². The summed E-state index contributed by atoms with van der Waals surface area (Å²) in [5.41, 5.74) is 6.54. The summed E-state index contributed by atoms with van der Waals surface area (Å²) >= 11 is 0. The number of rotatable bonds is 4. The molecule has 0 spiro atoms. The van der Waals surface area contributed by atoms with Crippen molar-refractivity contribution in [3.63, 3.8) is 0 Å². The Morgan fingerprint density at radius 2 is 2.15 bits per heavy atom. The van der Waals surface area contributed by atoms with Crippen molar-refractivity contribution in [3.05, 3.63) is 12.3 Å². The molecule has 0 aromatic rings. The van der Waals surface area contributed by atoms with E-state index in [9.17, 15) is 4.79 Å². The SMILES string of the molecule is CC.CC(=O)NC/C=C/N(C)N=N. The highest BCUT2D eigenvalue weighted by atomic mass is 16.1. The van der Waals surface area contributed by atoms with E-state index >= 15 is 0 Å². The first-order valence-electron chi connectivity index (χ1n) is 4.18. The van der Waals surface area contributed by atoms with Crippen LogP contribution in [0.1, 0.15) is 20.8 Å². The van der Waals surface area contributed by atoms with E-state index in [-0.39, 0.29) is 5.91 Å². The second-order valence-corrected chi connectivity index (χ2v) is 2.00. The number of carbonyl (C=O) groups is 1. The molecule has 0 saturated heterocycles. The lowest BCUT2D eigenvalue weighted by atomic mass is 10.5. The molecule has 5 heteroatoms. The molecule has 13 heavy (non-hydrogen) atoms. The molecule has 0 aliphatic carbocycles. The lowest BCUT2D eigenvalue weighted by molar-refractivity contribution is -0.118. The first kappa shape index (κ1) is 14.2. The molecule has 0 bridgehead atoms. The second kappa shape index (κ2) is 10.6. The van der Waals surface area contributed by atoms with Gasteiger partial charge in [0.2, 0.25) is 5.91 Å². The normalized spacial score (nSPS) is 8.62. The van der Waals surface area contributed by atoms with E-state index < -0.39 is 0 Å². The quantitative estimate of drug-likeness (QED) is 0.516. The lowest BCUT2D eigenvalue weighted by Gasteiger charge is -2.01. The molecule has 0 saturated carbocycles. The molecule has 0 radical (unpaired) electrons. The zero-order valence-electron chi connectivity index (χ0n) is 8.66. The number of carbonyl (C=O) groups excluding carboxylic acids is 1. The maximum atomic E-state index is 10.3. The third-order valence-electron chi connectivity index (χ3n) is 0.948. The second-order valence-electron chi connectivity index (χ2n) is 2.00. The number of nitrogens with zero attached hydrogens (tertiary/aromatic N) is 2. The van der Waals surface area contributed by atoms with Crippen LogP contribution in [-0.2, 0) is 4.79 Å². The number of amides is 1. The molecule has 2 N–H and O–H groups in total. The van der Waals surface area contributed by atoms with Gasteiger partial charge in [-0.2, -0.15) is 5.53 Å². The molecule has 0 aromatic carbocycles. The van der Waals surface area contributed by atoms with Crippen LogP contribution in [0.4, 0.5) is 0 Å². The molecule has 0 unspecified atom stereocenters. The molecule has 76 valence electrons. The Bertz CT molecular complexity index is 168. The predicted molar refractivity (Wildman–Crippen MR) is 52.1 cm³/mol. The minimum Gasteiger partial charge on any atom is -0.353 e. The Balaban J connectivity index is 0. The molecule has 0 aromatic heterocycles. The summed E-state index contributed by atoms with van der Waals surface area (Å²) in [6.45, 7) is 5.92. The van der Waals surface area contributed by atoms with Crippen molar-refractivity contribution >= 4 is 5.91 Å². The van der Waals surface area contributed by atoms with Crippen LogP contribution >= 0.6 is 0 Å². The molecule has 5 nitrogen and oxygen atoms in total. The standard InChI is InChI=1S/C6H12N4O.C2H6/c1-6(11)8-4-3-5-10(2)9-7;1-2/h3,5,7H,4H2,1-2H3,(H,8,11);1-2H3/b5-3+,9-7?;. The van der Waals surface area contributed by atoms with Crippen LogP contribution in [-0.4, -0.2) is 24.5 Å². The first-order valence-corrected chi connectivity index (χ1v) is 4.18. The maximum absolute atomic E-state index is 10.3. The van der Waals surface area contributed by atoms with Gasteiger partial charge in [0.25, 0.3) is 0 Å². The van der Waals surface area contributed by atoms with Crippen LogP contribution in [0, 0.1) is 5.53 Å². The van der Waals surface area contributed by atoms with Crippen LogP contribution < -0.4 is 5.32 Å². The molecule has 0 heterocycles. The Kier molecular flexibility index (Phi) is 11.6. The van der Waals surface area contributed by atoms with Crippen LogP contribution in [0.3, 0.4) is 0 Å². The topological polar surface area (TPSA) is 68.6 Å². The fraction of sp³-hybridized carbons (Fsp3) is 0.625. The molecular formula is C8H18N4O. The van der Waals surface area contributed by atoms with Gasteiger partial charge in [0.15, 0.2) is 0 Å². The summed E-state index contributed by atoms with van der Waals surface area (Å²) in [6, 6.07) is 0. The average Bonchev–Trinajstić information content (AvgIpc) is 2.15. The highest BCUT2D eigenvalue weighted by Crippen LogP contribution is 1.82. The van der Waals surface area contributed by atoms with Crippen molar-refractivity contribution in [1.82, 2.24) is 10.3 Å².